The molecule has 0 spiro atoms. The number of halogens is 8. The molecule has 0 fully saturated rings. The van der Waals surface area contributed by atoms with E-state index in [1.165, 1.54) is 73.7 Å². The maximum absolute atomic E-state index is 14.2. The SMILES string of the molecule is Cc1nnc(CC(c2cccc(-c3ccc(Cl)cc3C(F)(F)F)c2)C(c2nnc(C)o2)C(NC(=O)O)c2cccc(-c3ccc(Cl)cc3C(F)(F)F)c2)o1. The number of amides is 1. The number of nitrogens with one attached hydrogen (secondary N) is 1. The van der Waals surface area contributed by atoms with Crippen LogP contribution in [0.15, 0.2) is 93.8 Å². The van der Waals surface area contributed by atoms with Crippen LogP contribution in [-0.4, -0.2) is 31.6 Å². The summed E-state index contributed by atoms with van der Waals surface area (Å²) >= 11 is 11.9. The van der Waals surface area contributed by atoms with Crippen molar-refractivity contribution in [2.45, 2.75) is 50.5 Å². The van der Waals surface area contributed by atoms with Gasteiger partial charge >= 0.3 is 18.4 Å². The van der Waals surface area contributed by atoms with Crippen molar-refractivity contribution < 1.29 is 45.1 Å². The Morgan fingerprint density at radius 3 is 1.72 bits per heavy atom. The Hall–Kier alpha value is -5.41. The highest BCUT2D eigenvalue weighted by molar-refractivity contribution is 6.31. The average Bonchev–Trinajstić information content (AvgIpc) is 3.73. The summed E-state index contributed by atoms with van der Waals surface area (Å²) in [5.74, 6) is -1.81. The Morgan fingerprint density at radius 1 is 0.722 bits per heavy atom. The molecule has 3 atom stereocenters. The summed E-state index contributed by atoms with van der Waals surface area (Å²) in [7, 11) is 0. The Balaban J connectivity index is 1.57. The monoisotopic (exact) mass is 789 g/mol. The summed E-state index contributed by atoms with van der Waals surface area (Å²) in [5, 5.41) is 28.6. The molecule has 3 unspecified atom stereocenters. The number of hydrogen-bond donors (Lipinski definition) is 2. The number of nitrogens with zero attached hydrogens (tertiary/aromatic N) is 4. The number of alkyl halides is 6. The molecule has 0 aliphatic heterocycles. The van der Waals surface area contributed by atoms with Crippen LogP contribution in [0.25, 0.3) is 22.3 Å². The van der Waals surface area contributed by atoms with Gasteiger partial charge in [0, 0.05) is 36.2 Å². The molecular weight excluding hydrogens is 763 g/mol. The highest BCUT2D eigenvalue weighted by atomic mass is 35.5. The standard InChI is InChI=1S/C37H27Cl2F6N5O4/c1-18-47-49-31(53-18)17-28(22-7-3-5-20(13-22)26-11-9-24(38)15-29(26)36(40,41)42)32(34-50-48-19(2)54-34)33(46-35(51)52)23-8-4-6-21(14-23)27-12-10-25(39)16-30(27)37(43,44)45/h3-16,28,32-33,46H,17H2,1-2H3,(H,51,52). The van der Waals surface area contributed by atoms with Crippen molar-refractivity contribution in [3.05, 3.63) is 141 Å². The Labute approximate surface area is 313 Å². The van der Waals surface area contributed by atoms with Gasteiger partial charge in [0.15, 0.2) is 0 Å². The van der Waals surface area contributed by atoms with E-state index < -0.39 is 47.5 Å². The van der Waals surface area contributed by atoms with Crippen LogP contribution in [0.4, 0.5) is 31.1 Å². The van der Waals surface area contributed by atoms with Gasteiger partial charge in [-0.3, -0.25) is 0 Å². The van der Waals surface area contributed by atoms with Gasteiger partial charge in [-0.05, 0) is 63.7 Å². The minimum absolute atomic E-state index is 0.0858. The Morgan fingerprint density at radius 2 is 1.24 bits per heavy atom. The van der Waals surface area contributed by atoms with Gasteiger partial charge in [0.2, 0.25) is 23.6 Å². The lowest BCUT2D eigenvalue weighted by atomic mass is 9.76. The van der Waals surface area contributed by atoms with Crippen molar-refractivity contribution >= 4 is 29.3 Å². The first-order valence-electron chi connectivity index (χ1n) is 16.0. The number of benzene rings is 4. The topological polar surface area (TPSA) is 127 Å². The van der Waals surface area contributed by atoms with Crippen LogP contribution in [-0.2, 0) is 18.8 Å². The van der Waals surface area contributed by atoms with Crippen LogP contribution in [0.2, 0.25) is 10.0 Å². The van der Waals surface area contributed by atoms with E-state index in [0.29, 0.717) is 5.56 Å². The molecule has 0 aliphatic carbocycles. The second kappa shape index (κ2) is 15.1. The number of aryl methyl sites for hydroxylation is 2. The van der Waals surface area contributed by atoms with Gasteiger partial charge in [0.25, 0.3) is 0 Å². The molecule has 2 heterocycles. The first-order chi connectivity index (χ1) is 25.5. The zero-order valence-electron chi connectivity index (χ0n) is 28.0. The van der Waals surface area contributed by atoms with E-state index >= 15 is 0 Å². The Bertz CT molecular complexity index is 2310. The van der Waals surface area contributed by atoms with E-state index in [4.69, 9.17) is 32.0 Å². The Kier molecular flexibility index (Phi) is 10.7. The molecule has 17 heteroatoms. The van der Waals surface area contributed by atoms with Gasteiger partial charge in [-0.1, -0.05) is 77.8 Å². The smallest absolute Gasteiger partial charge is 0.417 e. The quantitative estimate of drug-likeness (QED) is 0.131. The summed E-state index contributed by atoms with van der Waals surface area (Å²) < 4.78 is 97.0. The number of carboxylic acid groups (broad SMARTS) is 1. The molecule has 1 amide bonds. The third kappa shape index (κ3) is 8.52. The molecule has 0 saturated heterocycles. The van der Waals surface area contributed by atoms with Crippen molar-refractivity contribution in [1.82, 2.24) is 25.7 Å². The molecule has 54 heavy (non-hydrogen) atoms. The summed E-state index contributed by atoms with van der Waals surface area (Å²) in [6.45, 7) is 3.06. The van der Waals surface area contributed by atoms with Gasteiger partial charge in [0.1, 0.15) is 0 Å². The van der Waals surface area contributed by atoms with Gasteiger partial charge in [-0.2, -0.15) is 26.3 Å². The van der Waals surface area contributed by atoms with Crippen molar-refractivity contribution in [3.63, 3.8) is 0 Å². The molecule has 2 aromatic heterocycles. The van der Waals surface area contributed by atoms with Gasteiger partial charge in [-0.25, -0.2) is 4.79 Å². The molecule has 4 aromatic carbocycles. The van der Waals surface area contributed by atoms with Crippen LogP contribution in [0.3, 0.4) is 0 Å². The third-order valence-corrected chi connectivity index (χ3v) is 9.09. The van der Waals surface area contributed by atoms with Crippen molar-refractivity contribution in [2.75, 3.05) is 0 Å². The molecule has 6 rings (SSSR count). The van der Waals surface area contributed by atoms with E-state index in [2.05, 4.69) is 25.7 Å². The van der Waals surface area contributed by atoms with Gasteiger partial charge < -0.3 is 19.3 Å². The maximum atomic E-state index is 14.2. The molecule has 6 aromatic rings. The van der Waals surface area contributed by atoms with E-state index in [0.717, 1.165) is 12.1 Å². The van der Waals surface area contributed by atoms with Gasteiger partial charge in [0.05, 0.1) is 23.1 Å². The highest BCUT2D eigenvalue weighted by Gasteiger charge is 2.41. The minimum Gasteiger partial charge on any atom is -0.465 e. The third-order valence-electron chi connectivity index (χ3n) is 8.62. The van der Waals surface area contributed by atoms with E-state index in [-0.39, 0.29) is 67.8 Å². The van der Waals surface area contributed by atoms with Crippen LogP contribution in [0.5, 0.6) is 0 Å². The number of aromatic nitrogens is 4. The lowest BCUT2D eigenvalue weighted by molar-refractivity contribution is -0.137. The fourth-order valence-corrected chi connectivity index (χ4v) is 6.75. The predicted molar refractivity (Wildman–Crippen MR) is 185 cm³/mol. The van der Waals surface area contributed by atoms with Crippen molar-refractivity contribution in [1.29, 1.82) is 0 Å². The normalized spacial score (nSPS) is 13.7. The van der Waals surface area contributed by atoms with Crippen molar-refractivity contribution in [3.8, 4) is 22.3 Å². The summed E-state index contributed by atoms with van der Waals surface area (Å²) in [5.41, 5.74) is -1.59. The fourth-order valence-electron chi connectivity index (χ4n) is 6.41. The lowest BCUT2D eigenvalue weighted by Gasteiger charge is -2.32. The van der Waals surface area contributed by atoms with E-state index in [1.54, 1.807) is 13.0 Å². The summed E-state index contributed by atoms with van der Waals surface area (Å²) in [4.78, 5) is 12.5. The number of carbonyl (C=O) groups is 1. The molecular formula is C37H27Cl2F6N5O4. The number of hydrogen-bond acceptors (Lipinski definition) is 7. The number of rotatable bonds is 10. The summed E-state index contributed by atoms with van der Waals surface area (Å²) in [6, 6.07) is 17.3. The molecule has 0 radical (unpaired) electrons. The van der Waals surface area contributed by atoms with Gasteiger partial charge in [-0.15, -0.1) is 20.4 Å². The molecule has 0 bridgehead atoms. The molecule has 0 aliphatic rings. The van der Waals surface area contributed by atoms with Crippen LogP contribution >= 0.6 is 23.2 Å². The first-order valence-corrected chi connectivity index (χ1v) is 16.8. The van der Waals surface area contributed by atoms with Crippen LogP contribution in [0.1, 0.15) is 63.7 Å². The summed E-state index contributed by atoms with van der Waals surface area (Å²) in [6.07, 6.45) is -11.2. The zero-order valence-corrected chi connectivity index (χ0v) is 29.5. The van der Waals surface area contributed by atoms with E-state index in [1.807, 2.05) is 0 Å². The second-order valence-corrected chi connectivity index (χ2v) is 13.1. The fraction of sp³-hybridized carbons (Fsp3) is 0.216. The zero-order chi connectivity index (χ0) is 38.9. The average molecular weight is 791 g/mol. The van der Waals surface area contributed by atoms with Crippen molar-refractivity contribution in [2.24, 2.45) is 0 Å². The maximum Gasteiger partial charge on any atom is 0.417 e. The largest absolute Gasteiger partial charge is 0.465 e. The molecule has 0 saturated carbocycles. The van der Waals surface area contributed by atoms with E-state index in [9.17, 15) is 36.2 Å². The van der Waals surface area contributed by atoms with Crippen LogP contribution < -0.4 is 5.32 Å². The van der Waals surface area contributed by atoms with Crippen LogP contribution in [0, 0.1) is 13.8 Å². The molecule has 280 valence electrons. The highest BCUT2D eigenvalue weighted by Crippen LogP contribution is 2.47. The predicted octanol–water partition coefficient (Wildman–Crippen LogP) is 10.9. The molecule has 2 N–H and O–H groups in total. The first kappa shape index (κ1) is 38.3. The second-order valence-electron chi connectivity index (χ2n) is 12.3. The lowest BCUT2D eigenvalue weighted by Crippen LogP contribution is -2.35. The molecule has 9 nitrogen and oxygen atoms in total. The minimum atomic E-state index is -4.78.